The Morgan fingerprint density at radius 3 is 2.42 bits per heavy atom. The van der Waals surface area contributed by atoms with Gasteiger partial charge in [0.1, 0.15) is 11.5 Å². The summed E-state index contributed by atoms with van der Waals surface area (Å²) in [6.07, 6.45) is 2.54. The van der Waals surface area contributed by atoms with E-state index in [2.05, 4.69) is 10.3 Å². The SMILES string of the molecule is CCOc1ccc(-c2cc(=O)n(CCNC(=O)CCc3ccc(OC)cc3)cn2)cc1. The van der Waals surface area contributed by atoms with Crippen molar-refractivity contribution >= 4 is 5.91 Å². The van der Waals surface area contributed by atoms with E-state index in [1.54, 1.807) is 7.11 Å². The van der Waals surface area contributed by atoms with Gasteiger partial charge in [-0.15, -0.1) is 0 Å². The zero-order valence-corrected chi connectivity index (χ0v) is 17.8. The van der Waals surface area contributed by atoms with E-state index < -0.39 is 0 Å². The van der Waals surface area contributed by atoms with E-state index >= 15 is 0 Å². The number of hydrogen-bond acceptors (Lipinski definition) is 5. The fraction of sp³-hybridized carbons (Fsp3) is 0.292. The number of carbonyl (C=O) groups is 1. The Labute approximate surface area is 181 Å². The Balaban J connectivity index is 1.47. The van der Waals surface area contributed by atoms with Gasteiger partial charge in [-0.25, -0.2) is 4.98 Å². The van der Waals surface area contributed by atoms with Crippen molar-refractivity contribution in [2.24, 2.45) is 0 Å². The number of carbonyl (C=O) groups excluding carboxylic acids is 1. The van der Waals surface area contributed by atoms with E-state index in [0.717, 1.165) is 22.6 Å². The fourth-order valence-corrected chi connectivity index (χ4v) is 3.09. The molecule has 0 saturated heterocycles. The van der Waals surface area contributed by atoms with Gasteiger partial charge in [-0.3, -0.25) is 14.2 Å². The van der Waals surface area contributed by atoms with Gasteiger partial charge in [0.05, 0.1) is 25.7 Å². The maximum absolute atomic E-state index is 12.4. The molecule has 1 amide bonds. The third kappa shape index (κ3) is 6.44. The fourth-order valence-electron chi connectivity index (χ4n) is 3.09. The summed E-state index contributed by atoms with van der Waals surface area (Å²) in [4.78, 5) is 28.8. The summed E-state index contributed by atoms with van der Waals surface area (Å²) >= 11 is 0. The minimum Gasteiger partial charge on any atom is -0.497 e. The number of methoxy groups -OCH3 is 1. The van der Waals surface area contributed by atoms with Gasteiger partial charge < -0.3 is 14.8 Å². The van der Waals surface area contributed by atoms with Gasteiger partial charge in [-0.05, 0) is 55.3 Å². The summed E-state index contributed by atoms with van der Waals surface area (Å²) in [5.41, 5.74) is 2.36. The van der Waals surface area contributed by atoms with E-state index in [1.165, 1.54) is 17.0 Å². The lowest BCUT2D eigenvalue weighted by Crippen LogP contribution is -2.30. The number of amides is 1. The molecule has 0 atom stereocenters. The van der Waals surface area contributed by atoms with Crippen molar-refractivity contribution in [3.8, 4) is 22.8 Å². The lowest BCUT2D eigenvalue weighted by molar-refractivity contribution is -0.121. The lowest BCUT2D eigenvalue weighted by Gasteiger charge is -2.09. The van der Waals surface area contributed by atoms with Crippen molar-refractivity contribution in [3.63, 3.8) is 0 Å². The van der Waals surface area contributed by atoms with Crippen LogP contribution in [0.5, 0.6) is 11.5 Å². The topological polar surface area (TPSA) is 82.5 Å². The average molecular weight is 421 g/mol. The molecule has 0 aliphatic carbocycles. The Bertz CT molecular complexity index is 1040. The van der Waals surface area contributed by atoms with E-state index in [9.17, 15) is 9.59 Å². The quantitative estimate of drug-likeness (QED) is 0.544. The van der Waals surface area contributed by atoms with Crippen LogP contribution in [0.2, 0.25) is 0 Å². The van der Waals surface area contributed by atoms with Crippen LogP contribution in [-0.4, -0.2) is 35.7 Å². The number of benzene rings is 2. The monoisotopic (exact) mass is 421 g/mol. The average Bonchev–Trinajstić information content (AvgIpc) is 2.80. The number of ether oxygens (including phenoxy) is 2. The van der Waals surface area contributed by atoms with Crippen LogP contribution >= 0.6 is 0 Å². The van der Waals surface area contributed by atoms with Crippen LogP contribution in [0.25, 0.3) is 11.3 Å². The second kappa shape index (κ2) is 11.0. The molecule has 0 unspecified atom stereocenters. The molecule has 0 bridgehead atoms. The van der Waals surface area contributed by atoms with E-state index in [0.29, 0.717) is 38.2 Å². The summed E-state index contributed by atoms with van der Waals surface area (Å²) in [5.74, 6) is 1.52. The molecule has 1 aromatic heterocycles. The highest BCUT2D eigenvalue weighted by Crippen LogP contribution is 2.19. The van der Waals surface area contributed by atoms with Crippen molar-refractivity contribution in [2.45, 2.75) is 26.3 Å². The summed E-state index contributed by atoms with van der Waals surface area (Å²) in [5, 5.41) is 2.85. The number of nitrogens with one attached hydrogen (secondary N) is 1. The van der Waals surface area contributed by atoms with Crippen molar-refractivity contribution in [2.75, 3.05) is 20.3 Å². The first-order chi connectivity index (χ1) is 15.1. The second-order valence-corrected chi connectivity index (χ2v) is 6.96. The van der Waals surface area contributed by atoms with Crippen molar-refractivity contribution in [3.05, 3.63) is 76.8 Å². The Morgan fingerprint density at radius 2 is 1.77 bits per heavy atom. The second-order valence-electron chi connectivity index (χ2n) is 6.96. The highest BCUT2D eigenvalue weighted by Gasteiger charge is 2.06. The summed E-state index contributed by atoms with van der Waals surface area (Å²) in [6, 6.07) is 16.6. The molecular formula is C24H27N3O4. The third-order valence-electron chi connectivity index (χ3n) is 4.82. The van der Waals surface area contributed by atoms with Crippen LogP contribution in [0.4, 0.5) is 0 Å². The van der Waals surface area contributed by atoms with Crippen molar-refractivity contribution in [1.82, 2.24) is 14.9 Å². The highest BCUT2D eigenvalue weighted by molar-refractivity contribution is 5.76. The first-order valence-electron chi connectivity index (χ1n) is 10.3. The molecule has 162 valence electrons. The van der Waals surface area contributed by atoms with Gasteiger partial charge in [-0.2, -0.15) is 0 Å². The van der Waals surface area contributed by atoms with Gasteiger partial charge in [0, 0.05) is 31.1 Å². The van der Waals surface area contributed by atoms with Crippen molar-refractivity contribution < 1.29 is 14.3 Å². The molecule has 7 heteroatoms. The maximum Gasteiger partial charge on any atom is 0.253 e. The third-order valence-corrected chi connectivity index (χ3v) is 4.82. The van der Waals surface area contributed by atoms with Crippen LogP contribution in [0.1, 0.15) is 18.9 Å². The Morgan fingerprint density at radius 1 is 1.06 bits per heavy atom. The largest absolute Gasteiger partial charge is 0.497 e. The van der Waals surface area contributed by atoms with Gasteiger partial charge in [-0.1, -0.05) is 12.1 Å². The van der Waals surface area contributed by atoms with Crippen LogP contribution < -0.4 is 20.3 Å². The standard InChI is InChI=1S/C24H27N3O4/c1-3-31-21-11-7-19(8-12-21)22-16-24(29)27(17-26-22)15-14-25-23(28)13-6-18-4-9-20(30-2)10-5-18/h4-5,7-12,16-17H,3,6,13-15H2,1-2H3,(H,25,28). The lowest BCUT2D eigenvalue weighted by atomic mass is 10.1. The number of rotatable bonds is 10. The van der Waals surface area contributed by atoms with Gasteiger partial charge in [0.2, 0.25) is 5.91 Å². The van der Waals surface area contributed by atoms with E-state index in [4.69, 9.17) is 9.47 Å². The molecule has 0 aliphatic heterocycles. The molecule has 3 aromatic rings. The first kappa shape index (κ1) is 22.1. The molecule has 1 heterocycles. The summed E-state index contributed by atoms with van der Waals surface area (Å²) in [7, 11) is 1.62. The molecule has 2 aromatic carbocycles. The normalized spacial score (nSPS) is 10.5. The smallest absolute Gasteiger partial charge is 0.253 e. The van der Waals surface area contributed by atoms with E-state index in [1.807, 2.05) is 55.5 Å². The predicted molar refractivity (Wildman–Crippen MR) is 119 cm³/mol. The number of aryl methyl sites for hydroxylation is 1. The molecular weight excluding hydrogens is 394 g/mol. The predicted octanol–water partition coefficient (Wildman–Crippen LogP) is 3.07. The molecule has 0 saturated carbocycles. The van der Waals surface area contributed by atoms with Crippen LogP contribution in [0.3, 0.4) is 0 Å². The van der Waals surface area contributed by atoms with Crippen molar-refractivity contribution in [1.29, 1.82) is 0 Å². The maximum atomic E-state index is 12.4. The Hall–Kier alpha value is -3.61. The highest BCUT2D eigenvalue weighted by atomic mass is 16.5. The van der Waals surface area contributed by atoms with E-state index in [-0.39, 0.29) is 11.5 Å². The van der Waals surface area contributed by atoms with Crippen LogP contribution in [0, 0.1) is 0 Å². The molecule has 1 N–H and O–H groups in total. The molecule has 3 rings (SSSR count). The number of aromatic nitrogens is 2. The number of nitrogens with zero attached hydrogens (tertiary/aromatic N) is 2. The molecule has 7 nitrogen and oxygen atoms in total. The number of hydrogen-bond donors (Lipinski definition) is 1. The zero-order chi connectivity index (χ0) is 22.1. The molecule has 0 spiro atoms. The summed E-state index contributed by atoms with van der Waals surface area (Å²) < 4.78 is 12.0. The molecule has 31 heavy (non-hydrogen) atoms. The first-order valence-corrected chi connectivity index (χ1v) is 10.3. The van der Waals surface area contributed by atoms with Crippen LogP contribution in [0.15, 0.2) is 65.7 Å². The minimum absolute atomic E-state index is 0.0529. The molecule has 0 fully saturated rings. The molecule has 0 radical (unpaired) electrons. The van der Waals surface area contributed by atoms with Gasteiger partial charge >= 0.3 is 0 Å². The zero-order valence-electron chi connectivity index (χ0n) is 17.8. The molecule has 0 aliphatic rings. The summed E-state index contributed by atoms with van der Waals surface area (Å²) in [6.45, 7) is 3.26. The Kier molecular flexibility index (Phi) is 7.81. The van der Waals surface area contributed by atoms with Gasteiger partial charge in [0.15, 0.2) is 0 Å². The van der Waals surface area contributed by atoms with Gasteiger partial charge in [0.25, 0.3) is 5.56 Å². The van der Waals surface area contributed by atoms with Crippen LogP contribution in [-0.2, 0) is 17.8 Å². The minimum atomic E-state index is -0.161.